The van der Waals surface area contributed by atoms with Crippen LogP contribution in [-0.2, 0) is 29.0 Å². The molecule has 0 fully saturated rings. The smallest absolute Gasteiger partial charge is 0.412 e. The molecule has 0 bridgehead atoms. The van der Waals surface area contributed by atoms with Crippen molar-refractivity contribution in [3.05, 3.63) is 89.5 Å². The third kappa shape index (κ3) is 5.95. The molecule has 2 amide bonds. The van der Waals surface area contributed by atoms with Gasteiger partial charge in [-0.05, 0) is 55.5 Å². The number of benzene rings is 3. The lowest BCUT2D eigenvalue weighted by Crippen LogP contribution is -2.36. The molecule has 1 aliphatic rings. The molecule has 3 aromatic rings. The van der Waals surface area contributed by atoms with Gasteiger partial charge in [0, 0.05) is 18.7 Å². The second kappa shape index (κ2) is 10.00. The molecule has 1 heterocycles. The predicted molar refractivity (Wildman–Crippen MR) is 132 cm³/mol. The average molecular weight is 459 g/mol. The first-order valence-electron chi connectivity index (χ1n) is 11.5. The minimum Gasteiger partial charge on any atom is -0.445 e. The molecule has 4 rings (SSSR count). The van der Waals surface area contributed by atoms with Crippen molar-refractivity contribution in [2.45, 2.75) is 45.9 Å². The van der Waals surface area contributed by atoms with E-state index in [9.17, 15) is 9.59 Å². The lowest BCUT2D eigenvalue weighted by Gasteiger charge is -2.28. The molecule has 1 N–H and O–H groups in total. The lowest BCUT2D eigenvalue weighted by atomic mass is 9.94. The van der Waals surface area contributed by atoms with Gasteiger partial charge in [-0.15, -0.1) is 0 Å². The Labute approximate surface area is 200 Å². The zero-order valence-electron chi connectivity index (χ0n) is 19.8. The summed E-state index contributed by atoms with van der Waals surface area (Å²) in [4.78, 5) is 26.6. The van der Waals surface area contributed by atoms with Gasteiger partial charge in [0.1, 0.15) is 12.2 Å². The van der Waals surface area contributed by atoms with E-state index in [0.29, 0.717) is 18.8 Å². The SMILES string of the molecule is CC(C)(C)OC(=O)Nc1ccccc1-c1ccc2c(c1)CCN(C(=O)OCc1ccccc1)C2. The van der Waals surface area contributed by atoms with Crippen molar-refractivity contribution in [1.29, 1.82) is 0 Å². The van der Waals surface area contributed by atoms with E-state index in [-0.39, 0.29) is 12.7 Å². The zero-order chi connectivity index (χ0) is 24.1. The first-order valence-corrected chi connectivity index (χ1v) is 11.5. The van der Waals surface area contributed by atoms with Gasteiger partial charge in [-0.3, -0.25) is 5.32 Å². The van der Waals surface area contributed by atoms with Crippen LogP contribution in [0, 0.1) is 0 Å². The molecule has 6 heteroatoms. The number of rotatable bonds is 4. The summed E-state index contributed by atoms with van der Waals surface area (Å²) < 4.78 is 10.9. The third-order valence-electron chi connectivity index (χ3n) is 5.56. The van der Waals surface area contributed by atoms with Gasteiger partial charge in [0.05, 0.1) is 5.69 Å². The van der Waals surface area contributed by atoms with Gasteiger partial charge in [-0.1, -0.05) is 66.7 Å². The van der Waals surface area contributed by atoms with Crippen molar-refractivity contribution in [3.8, 4) is 11.1 Å². The highest BCUT2D eigenvalue weighted by Crippen LogP contribution is 2.31. The number of hydrogen-bond donors (Lipinski definition) is 1. The number of fused-ring (bicyclic) bond motifs is 1. The highest BCUT2D eigenvalue weighted by Gasteiger charge is 2.23. The topological polar surface area (TPSA) is 67.9 Å². The fourth-order valence-electron chi connectivity index (χ4n) is 3.94. The van der Waals surface area contributed by atoms with Gasteiger partial charge in [-0.2, -0.15) is 0 Å². The maximum absolute atomic E-state index is 12.6. The van der Waals surface area contributed by atoms with E-state index >= 15 is 0 Å². The van der Waals surface area contributed by atoms with Crippen LogP contribution in [0.1, 0.15) is 37.5 Å². The molecule has 34 heavy (non-hydrogen) atoms. The van der Waals surface area contributed by atoms with E-state index in [1.807, 2.05) is 87.5 Å². The van der Waals surface area contributed by atoms with E-state index in [4.69, 9.17) is 9.47 Å². The molecule has 1 aliphatic heterocycles. The summed E-state index contributed by atoms with van der Waals surface area (Å²) >= 11 is 0. The summed E-state index contributed by atoms with van der Waals surface area (Å²) in [5.74, 6) is 0. The van der Waals surface area contributed by atoms with E-state index in [2.05, 4.69) is 11.4 Å². The molecular formula is C28H30N2O4. The van der Waals surface area contributed by atoms with Crippen LogP contribution in [0.3, 0.4) is 0 Å². The normalized spacial score (nSPS) is 13.1. The molecule has 0 aliphatic carbocycles. The fraction of sp³-hybridized carbons (Fsp3) is 0.286. The minimum absolute atomic E-state index is 0.267. The van der Waals surface area contributed by atoms with Crippen LogP contribution in [0.15, 0.2) is 72.8 Å². The fourth-order valence-corrected chi connectivity index (χ4v) is 3.94. The molecule has 6 nitrogen and oxygen atoms in total. The average Bonchev–Trinajstić information content (AvgIpc) is 2.81. The van der Waals surface area contributed by atoms with Gasteiger partial charge >= 0.3 is 12.2 Å². The lowest BCUT2D eigenvalue weighted by molar-refractivity contribution is 0.0636. The predicted octanol–water partition coefficient (Wildman–Crippen LogP) is 6.40. The standard InChI is InChI=1S/C28H30N2O4/c1-28(2,3)34-26(31)29-25-12-8-7-11-24(25)22-13-14-23-18-30(16-15-21(23)17-22)27(32)33-19-20-9-5-4-6-10-20/h4-14,17H,15-16,18-19H2,1-3H3,(H,29,31). The van der Waals surface area contributed by atoms with E-state index in [1.165, 1.54) is 5.56 Å². The monoisotopic (exact) mass is 458 g/mol. The van der Waals surface area contributed by atoms with Gasteiger partial charge < -0.3 is 14.4 Å². The molecule has 0 saturated carbocycles. The third-order valence-corrected chi connectivity index (χ3v) is 5.56. The summed E-state index contributed by atoms with van der Waals surface area (Å²) in [6, 6.07) is 23.5. The molecule has 0 spiro atoms. The molecular weight excluding hydrogens is 428 g/mol. The number of carbonyl (C=O) groups excluding carboxylic acids is 2. The number of ether oxygens (including phenoxy) is 2. The summed E-state index contributed by atoms with van der Waals surface area (Å²) in [7, 11) is 0. The van der Waals surface area contributed by atoms with Crippen LogP contribution in [-0.4, -0.2) is 29.2 Å². The molecule has 3 aromatic carbocycles. The van der Waals surface area contributed by atoms with Crippen molar-refractivity contribution >= 4 is 17.9 Å². The van der Waals surface area contributed by atoms with Crippen molar-refractivity contribution in [1.82, 2.24) is 4.90 Å². The Kier molecular flexibility index (Phi) is 6.87. The van der Waals surface area contributed by atoms with E-state index < -0.39 is 11.7 Å². The van der Waals surface area contributed by atoms with Crippen LogP contribution >= 0.6 is 0 Å². The van der Waals surface area contributed by atoms with Crippen LogP contribution in [0.4, 0.5) is 15.3 Å². The van der Waals surface area contributed by atoms with Gasteiger partial charge in [0.2, 0.25) is 0 Å². The Morgan fingerprint density at radius 2 is 1.68 bits per heavy atom. The van der Waals surface area contributed by atoms with Crippen LogP contribution in [0.5, 0.6) is 0 Å². The summed E-state index contributed by atoms with van der Waals surface area (Å²) in [5.41, 5.74) is 5.31. The number of hydrogen-bond acceptors (Lipinski definition) is 4. The highest BCUT2D eigenvalue weighted by molar-refractivity contribution is 5.91. The van der Waals surface area contributed by atoms with E-state index in [1.54, 1.807) is 4.90 Å². The largest absolute Gasteiger partial charge is 0.445 e. The Balaban J connectivity index is 1.44. The Morgan fingerprint density at radius 3 is 2.44 bits per heavy atom. The van der Waals surface area contributed by atoms with Crippen molar-refractivity contribution in [2.24, 2.45) is 0 Å². The van der Waals surface area contributed by atoms with Gasteiger partial charge in [-0.25, -0.2) is 9.59 Å². The number of carbonyl (C=O) groups is 2. The minimum atomic E-state index is -0.570. The molecule has 0 aromatic heterocycles. The van der Waals surface area contributed by atoms with Crippen molar-refractivity contribution in [2.75, 3.05) is 11.9 Å². The molecule has 0 unspecified atom stereocenters. The summed E-state index contributed by atoms with van der Waals surface area (Å²) in [6.45, 7) is 6.89. The van der Waals surface area contributed by atoms with Gasteiger partial charge in [0.15, 0.2) is 0 Å². The van der Waals surface area contributed by atoms with Crippen LogP contribution in [0.2, 0.25) is 0 Å². The van der Waals surface area contributed by atoms with Crippen LogP contribution in [0.25, 0.3) is 11.1 Å². The van der Waals surface area contributed by atoms with Crippen LogP contribution < -0.4 is 5.32 Å². The van der Waals surface area contributed by atoms with Crippen molar-refractivity contribution in [3.63, 3.8) is 0 Å². The quantitative estimate of drug-likeness (QED) is 0.491. The Morgan fingerprint density at radius 1 is 0.941 bits per heavy atom. The number of nitrogens with one attached hydrogen (secondary N) is 1. The number of para-hydroxylation sites is 1. The molecule has 0 saturated heterocycles. The van der Waals surface area contributed by atoms with Gasteiger partial charge in [0.25, 0.3) is 0 Å². The molecule has 0 atom stereocenters. The summed E-state index contributed by atoms with van der Waals surface area (Å²) in [6.07, 6.45) is -0.0429. The molecule has 176 valence electrons. The first kappa shape index (κ1) is 23.4. The number of anilines is 1. The molecule has 0 radical (unpaired) electrons. The Bertz CT molecular complexity index is 1170. The van der Waals surface area contributed by atoms with Crippen molar-refractivity contribution < 1.29 is 19.1 Å². The van der Waals surface area contributed by atoms with E-state index in [0.717, 1.165) is 28.7 Å². The second-order valence-corrected chi connectivity index (χ2v) is 9.37. The number of amides is 2. The maximum Gasteiger partial charge on any atom is 0.412 e. The summed E-state index contributed by atoms with van der Waals surface area (Å²) in [5, 5.41) is 2.86. The second-order valence-electron chi connectivity index (χ2n) is 9.37. The first-order chi connectivity index (χ1) is 16.3. The highest BCUT2D eigenvalue weighted by atomic mass is 16.6. The Hall–Kier alpha value is -3.80. The maximum atomic E-state index is 12.6. The number of nitrogens with zero attached hydrogens (tertiary/aromatic N) is 1. The zero-order valence-corrected chi connectivity index (χ0v) is 19.8.